The van der Waals surface area contributed by atoms with Crippen molar-refractivity contribution in [1.82, 2.24) is 4.90 Å². The summed E-state index contributed by atoms with van der Waals surface area (Å²) in [5.41, 5.74) is 3.90. The molecule has 0 amide bonds. The van der Waals surface area contributed by atoms with Crippen LogP contribution in [0.3, 0.4) is 0 Å². The van der Waals surface area contributed by atoms with Crippen LogP contribution in [0.5, 0.6) is 5.75 Å². The Bertz CT molecular complexity index is 790. The molecule has 1 aliphatic carbocycles. The fraction of sp³-hybridized carbons (Fsp3) is 0.500. The van der Waals surface area contributed by atoms with E-state index in [1.54, 1.807) is 0 Å². The number of fused-ring (bicyclic) bond motifs is 4. The van der Waals surface area contributed by atoms with Gasteiger partial charge in [0.15, 0.2) is 0 Å². The summed E-state index contributed by atoms with van der Waals surface area (Å²) < 4.78 is 6.13. The maximum Gasteiger partial charge on any atom is 0.119 e. The van der Waals surface area contributed by atoms with E-state index in [2.05, 4.69) is 56.0 Å². The molecule has 4 atom stereocenters. The van der Waals surface area contributed by atoms with Gasteiger partial charge in [0.25, 0.3) is 0 Å². The Morgan fingerprint density at radius 1 is 1.19 bits per heavy atom. The lowest BCUT2D eigenvalue weighted by atomic mass is 9.59. The molecule has 1 heterocycles. The molecule has 0 radical (unpaired) electrons. The summed E-state index contributed by atoms with van der Waals surface area (Å²) >= 11 is 0. The van der Waals surface area contributed by atoms with Gasteiger partial charge in [-0.05, 0) is 60.4 Å². The smallest absolute Gasteiger partial charge is 0.119 e. The number of nitrogens with zero attached hydrogens (tertiary/aromatic N) is 1. The van der Waals surface area contributed by atoms with Crippen molar-refractivity contribution in [2.45, 2.75) is 57.8 Å². The Morgan fingerprint density at radius 3 is 2.74 bits per heavy atom. The average Bonchev–Trinajstić information content (AvgIpc) is 2.67. The highest BCUT2D eigenvalue weighted by molar-refractivity contribution is 5.47. The lowest BCUT2D eigenvalue weighted by Crippen LogP contribution is -2.59. The first-order chi connectivity index (χ1) is 13.0. The molecule has 2 bridgehead atoms. The Balaban J connectivity index is 1.46. The quantitative estimate of drug-likeness (QED) is 0.845. The van der Waals surface area contributed by atoms with E-state index in [-0.39, 0.29) is 11.5 Å². The molecular formula is C24H31NO2. The summed E-state index contributed by atoms with van der Waals surface area (Å²) in [4.78, 5) is 2.59. The van der Waals surface area contributed by atoms with Crippen LogP contribution in [0.2, 0.25) is 0 Å². The van der Waals surface area contributed by atoms with Crippen LogP contribution in [0.1, 0.15) is 43.9 Å². The highest BCUT2D eigenvalue weighted by Gasteiger charge is 2.49. The van der Waals surface area contributed by atoms with E-state index in [1.165, 1.54) is 11.1 Å². The van der Waals surface area contributed by atoms with E-state index >= 15 is 0 Å². The average molecular weight is 366 g/mol. The van der Waals surface area contributed by atoms with Crippen LogP contribution in [0.25, 0.3) is 0 Å². The van der Waals surface area contributed by atoms with Gasteiger partial charge in [0.2, 0.25) is 0 Å². The SMILES string of the molecule is CC(CN1CCC2(C)c3cccc(O)c3CC1C2C)OCc1ccccc1. The second-order valence-electron chi connectivity index (χ2n) is 8.63. The van der Waals surface area contributed by atoms with Gasteiger partial charge in [-0.3, -0.25) is 4.90 Å². The van der Waals surface area contributed by atoms with Crippen molar-refractivity contribution in [3.63, 3.8) is 0 Å². The van der Waals surface area contributed by atoms with E-state index in [0.29, 0.717) is 24.3 Å². The number of phenols is 1. The van der Waals surface area contributed by atoms with Gasteiger partial charge in [-0.25, -0.2) is 0 Å². The van der Waals surface area contributed by atoms with Crippen molar-refractivity contribution < 1.29 is 9.84 Å². The molecule has 2 aromatic carbocycles. The fourth-order valence-corrected chi connectivity index (χ4v) is 5.15. The molecule has 27 heavy (non-hydrogen) atoms. The molecule has 1 saturated heterocycles. The third kappa shape index (κ3) is 3.39. The third-order valence-corrected chi connectivity index (χ3v) is 7.02. The lowest BCUT2D eigenvalue weighted by Gasteiger charge is -2.55. The normalized spacial score (nSPS) is 28.6. The Morgan fingerprint density at radius 2 is 1.96 bits per heavy atom. The molecule has 4 rings (SSSR count). The van der Waals surface area contributed by atoms with Crippen LogP contribution >= 0.6 is 0 Å². The topological polar surface area (TPSA) is 32.7 Å². The Kier molecular flexibility index (Phi) is 5.00. The molecule has 4 unspecified atom stereocenters. The minimum atomic E-state index is 0.154. The van der Waals surface area contributed by atoms with Gasteiger partial charge in [0.1, 0.15) is 5.75 Å². The van der Waals surface area contributed by atoms with E-state index in [1.807, 2.05) is 18.2 Å². The number of likely N-dealkylation sites (tertiary alicyclic amines) is 1. The maximum atomic E-state index is 10.4. The molecule has 0 spiro atoms. The number of hydrogen-bond donors (Lipinski definition) is 1. The fourth-order valence-electron chi connectivity index (χ4n) is 5.15. The Hall–Kier alpha value is -1.84. The molecule has 3 heteroatoms. The largest absolute Gasteiger partial charge is 0.508 e. The van der Waals surface area contributed by atoms with Gasteiger partial charge in [0.05, 0.1) is 12.7 Å². The van der Waals surface area contributed by atoms with E-state index in [0.717, 1.165) is 31.5 Å². The number of aromatic hydroxyl groups is 1. The third-order valence-electron chi connectivity index (χ3n) is 7.02. The first-order valence-corrected chi connectivity index (χ1v) is 10.2. The summed E-state index contributed by atoms with van der Waals surface area (Å²) in [5.74, 6) is 1.03. The second kappa shape index (κ2) is 7.29. The minimum absolute atomic E-state index is 0.154. The zero-order valence-electron chi connectivity index (χ0n) is 16.7. The molecule has 3 nitrogen and oxygen atoms in total. The Labute approximate surface area is 163 Å². The highest BCUT2D eigenvalue weighted by Crippen LogP contribution is 2.50. The number of piperidine rings is 1. The highest BCUT2D eigenvalue weighted by atomic mass is 16.5. The van der Waals surface area contributed by atoms with E-state index in [4.69, 9.17) is 4.74 Å². The predicted molar refractivity (Wildman–Crippen MR) is 109 cm³/mol. The molecule has 1 aliphatic heterocycles. The molecular weight excluding hydrogens is 334 g/mol. The first kappa shape index (κ1) is 18.5. The zero-order valence-corrected chi connectivity index (χ0v) is 16.7. The van der Waals surface area contributed by atoms with Crippen LogP contribution in [0, 0.1) is 5.92 Å². The summed E-state index contributed by atoms with van der Waals surface area (Å²) in [5, 5.41) is 10.4. The summed E-state index contributed by atoms with van der Waals surface area (Å²) in [7, 11) is 0. The van der Waals surface area contributed by atoms with Crippen molar-refractivity contribution in [3.05, 3.63) is 65.2 Å². The lowest BCUT2D eigenvalue weighted by molar-refractivity contribution is -0.0246. The van der Waals surface area contributed by atoms with Crippen molar-refractivity contribution in [1.29, 1.82) is 0 Å². The van der Waals surface area contributed by atoms with Crippen LogP contribution < -0.4 is 0 Å². The van der Waals surface area contributed by atoms with E-state index in [9.17, 15) is 5.11 Å². The minimum Gasteiger partial charge on any atom is -0.508 e. The van der Waals surface area contributed by atoms with Gasteiger partial charge in [0, 0.05) is 12.6 Å². The standard InChI is InChI=1S/C24H31NO2/c1-17(27-16-19-8-5-4-6-9-19)15-25-13-12-24(3)18(2)22(25)14-20-21(24)10-7-11-23(20)26/h4-11,17-18,22,26H,12-16H2,1-3H3. The van der Waals surface area contributed by atoms with Gasteiger partial charge >= 0.3 is 0 Å². The molecule has 2 aliphatic rings. The molecule has 0 aromatic heterocycles. The van der Waals surface area contributed by atoms with Crippen molar-refractivity contribution in [2.24, 2.45) is 5.92 Å². The summed E-state index contributed by atoms with van der Waals surface area (Å²) in [6, 6.07) is 16.9. The molecule has 2 aromatic rings. The monoisotopic (exact) mass is 365 g/mol. The number of rotatable bonds is 5. The predicted octanol–water partition coefficient (Wildman–Crippen LogP) is 4.52. The van der Waals surface area contributed by atoms with Gasteiger partial charge in [-0.2, -0.15) is 0 Å². The van der Waals surface area contributed by atoms with Crippen molar-refractivity contribution in [3.8, 4) is 5.75 Å². The van der Waals surface area contributed by atoms with Gasteiger partial charge in [-0.1, -0.05) is 56.3 Å². The molecule has 144 valence electrons. The van der Waals surface area contributed by atoms with Crippen molar-refractivity contribution in [2.75, 3.05) is 13.1 Å². The number of phenolic OH excluding ortho intramolecular Hbond substituents is 1. The molecule has 1 N–H and O–H groups in total. The first-order valence-electron chi connectivity index (χ1n) is 10.2. The van der Waals surface area contributed by atoms with Gasteiger partial charge in [-0.15, -0.1) is 0 Å². The zero-order chi connectivity index (χ0) is 19.0. The number of hydrogen-bond acceptors (Lipinski definition) is 3. The summed E-state index contributed by atoms with van der Waals surface area (Å²) in [6.07, 6.45) is 2.25. The van der Waals surface area contributed by atoms with E-state index < -0.39 is 0 Å². The molecule has 0 saturated carbocycles. The van der Waals surface area contributed by atoms with Gasteiger partial charge < -0.3 is 9.84 Å². The van der Waals surface area contributed by atoms with Crippen molar-refractivity contribution >= 4 is 0 Å². The van der Waals surface area contributed by atoms with Crippen LogP contribution in [0.4, 0.5) is 0 Å². The van der Waals surface area contributed by atoms with Crippen LogP contribution in [-0.4, -0.2) is 35.2 Å². The van der Waals surface area contributed by atoms with Crippen LogP contribution in [-0.2, 0) is 23.2 Å². The maximum absolute atomic E-state index is 10.4. The molecule has 1 fully saturated rings. The summed E-state index contributed by atoms with van der Waals surface area (Å²) in [6.45, 7) is 9.65. The number of benzene rings is 2. The second-order valence-corrected chi connectivity index (χ2v) is 8.63. The van der Waals surface area contributed by atoms with Crippen LogP contribution in [0.15, 0.2) is 48.5 Å². The number of ether oxygens (including phenoxy) is 1.